The van der Waals surface area contributed by atoms with Crippen LogP contribution in [-0.4, -0.2) is 11.1 Å². The lowest BCUT2D eigenvalue weighted by atomic mass is 9.86. The molecule has 0 aromatic heterocycles. The fourth-order valence-corrected chi connectivity index (χ4v) is 2.20. The average Bonchev–Trinajstić information content (AvgIpc) is 2.16. The number of hydrogen-bond donors (Lipinski definition) is 0. The van der Waals surface area contributed by atoms with Gasteiger partial charge in [-0.1, -0.05) is 48.0 Å². The third-order valence-electron chi connectivity index (χ3n) is 2.72. The third kappa shape index (κ3) is 3.70. The van der Waals surface area contributed by atoms with Gasteiger partial charge in [0.2, 0.25) is 0 Å². The number of aldehydes is 1. The van der Waals surface area contributed by atoms with Crippen molar-refractivity contribution in [1.29, 1.82) is 0 Å². The van der Waals surface area contributed by atoms with Gasteiger partial charge in [0.25, 0.3) is 0 Å². The Bertz CT molecular complexity index is 130. The molecule has 0 heterocycles. The van der Waals surface area contributed by atoms with E-state index >= 15 is 0 Å². The van der Waals surface area contributed by atoms with Crippen molar-refractivity contribution in [3.05, 3.63) is 0 Å². The Morgan fingerprint density at radius 3 is 2.58 bits per heavy atom. The van der Waals surface area contributed by atoms with Gasteiger partial charge in [-0.3, -0.25) is 0 Å². The number of carbonyl (C=O) groups excluding carboxylic acids is 1. The summed E-state index contributed by atoms with van der Waals surface area (Å²) in [7, 11) is 0. The van der Waals surface area contributed by atoms with Crippen LogP contribution in [0.1, 0.15) is 44.9 Å². The first-order valence-electron chi connectivity index (χ1n) is 4.92. The predicted octanol–water partition coefficient (Wildman–Crippen LogP) is 3.31. The molecule has 1 rings (SSSR count). The smallest absolute Gasteiger partial charge is 0.133 e. The molecule has 1 nitrogen and oxygen atoms in total. The molecule has 0 saturated heterocycles. The molecular formula is C10H17BrO. The fourth-order valence-electron chi connectivity index (χ4n) is 1.94. The van der Waals surface area contributed by atoms with E-state index in [4.69, 9.17) is 0 Å². The number of carbonyl (C=O) groups is 1. The van der Waals surface area contributed by atoms with Gasteiger partial charge < -0.3 is 4.79 Å². The van der Waals surface area contributed by atoms with Gasteiger partial charge in [0.15, 0.2) is 0 Å². The van der Waals surface area contributed by atoms with Crippen molar-refractivity contribution >= 4 is 22.2 Å². The molecule has 70 valence electrons. The van der Waals surface area contributed by atoms with E-state index < -0.39 is 0 Å². The van der Waals surface area contributed by atoms with E-state index in [2.05, 4.69) is 15.9 Å². The van der Waals surface area contributed by atoms with Crippen molar-refractivity contribution in [1.82, 2.24) is 0 Å². The first kappa shape index (κ1) is 10.2. The minimum absolute atomic E-state index is 0.0967. The Kier molecular flexibility index (Phi) is 4.89. The van der Waals surface area contributed by atoms with Crippen LogP contribution in [0.15, 0.2) is 0 Å². The van der Waals surface area contributed by atoms with Crippen LogP contribution in [-0.2, 0) is 4.79 Å². The summed E-state index contributed by atoms with van der Waals surface area (Å²) in [4.78, 5) is 10.4. The molecule has 1 atom stereocenters. The SMILES string of the molecule is O=CC(Br)CCC1CCCCC1. The molecule has 1 aliphatic rings. The Hall–Kier alpha value is 0.150. The highest BCUT2D eigenvalue weighted by Crippen LogP contribution is 2.28. The normalized spacial score (nSPS) is 22.1. The van der Waals surface area contributed by atoms with Crippen molar-refractivity contribution in [2.45, 2.75) is 49.8 Å². The van der Waals surface area contributed by atoms with Crippen molar-refractivity contribution in [3.63, 3.8) is 0 Å². The summed E-state index contributed by atoms with van der Waals surface area (Å²) in [6.07, 6.45) is 10.3. The van der Waals surface area contributed by atoms with Gasteiger partial charge in [-0.15, -0.1) is 0 Å². The number of rotatable bonds is 4. The molecular weight excluding hydrogens is 216 g/mol. The first-order valence-corrected chi connectivity index (χ1v) is 5.84. The van der Waals surface area contributed by atoms with Crippen molar-refractivity contribution < 1.29 is 4.79 Å². The third-order valence-corrected chi connectivity index (χ3v) is 3.40. The minimum Gasteiger partial charge on any atom is -0.302 e. The van der Waals surface area contributed by atoms with E-state index in [0.29, 0.717) is 0 Å². The molecule has 0 N–H and O–H groups in total. The van der Waals surface area contributed by atoms with E-state index in [-0.39, 0.29) is 4.83 Å². The molecule has 0 radical (unpaired) electrons. The van der Waals surface area contributed by atoms with E-state index in [1.807, 2.05) is 0 Å². The van der Waals surface area contributed by atoms with Crippen molar-refractivity contribution in [2.24, 2.45) is 5.92 Å². The molecule has 0 aromatic rings. The minimum atomic E-state index is 0.0967. The lowest BCUT2D eigenvalue weighted by molar-refractivity contribution is -0.107. The Balaban J connectivity index is 2.08. The number of hydrogen-bond acceptors (Lipinski definition) is 1. The van der Waals surface area contributed by atoms with Gasteiger partial charge in [-0.05, 0) is 18.8 Å². The number of alkyl halides is 1. The van der Waals surface area contributed by atoms with Crippen LogP contribution in [0.25, 0.3) is 0 Å². The molecule has 1 saturated carbocycles. The van der Waals surface area contributed by atoms with E-state index in [1.165, 1.54) is 38.5 Å². The summed E-state index contributed by atoms with van der Waals surface area (Å²) in [5.41, 5.74) is 0. The van der Waals surface area contributed by atoms with E-state index in [1.54, 1.807) is 0 Å². The van der Waals surface area contributed by atoms with Gasteiger partial charge in [0.1, 0.15) is 6.29 Å². The second-order valence-electron chi connectivity index (χ2n) is 3.73. The standard InChI is InChI=1S/C10H17BrO/c11-10(8-12)7-6-9-4-2-1-3-5-9/h8-10H,1-7H2. The van der Waals surface area contributed by atoms with E-state index in [9.17, 15) is 4.79 Å². The lowest BCUT2D eigenvalue weighted by Gasteiger charge is -2.21. The van der Waals surface area contributed by atoms with Crippen LogP contribution in [0, 0.1) is 5.92 Å². The van der Waals surface area contributed by atoms with Gasteiger partial charge in [-0.2, -0.15) is 0 Å². The summed E-state index contributed by atoms with van der Waals surface area (Å²) >= 11 is 3.34. The topological polar surface area (TPSA) is 17.1 Å². The van der Waals surface area contributed by atoms with Crippen molar-refractivity contribution in [2.75, 3.05) is 0 Å². The summed E-state index contributed by atoms with van der Waals surface area (Å²) in [5.74, 6) is 0.902. The fraction of sp³-hybridized carbons (Fsp3) is 0.900. The maximum Gasteiger partial charge on any atom is 0.133 e. The average molecular weight is 233 g/mol. The molecule has 12 heavy (non-hydrogen) atoms. The highest BCUT2D eigenvalue weighted by atomic mass is 79.9. The Morgan fingerprint density at radius 1 is 1.33 bits per heavy atom. The summed E-state index contributed by atoms with van der Waals surface area (Å²) < 4.78 is 0. The summed E-state index contributed by atoms with van der Waals surface area (Å²) in [6.45, 7) is 0. The second-order valence-corrected chi connectivity index (χ2v) is 4.91. The molecule has 0 spiro atoms. The largest absolute Gasteiger partial charge is 0.302 e. The molecule has 0 aromatic carbocycles. The molecule has 0 amide bonds. The van der Waals surface area contributed by atoms with Crippen LogP contribution in [0.4, 0.5) is 0 Å². The van der Waals surface area contributed by atoms with Crippen LogP contribution in [0.3, 0.4) is 0 Å². The lowest BCUT2D eigenvalue weighted by Crippen LogP contribution is -2.09. The van der Waals surface area contributed by atoms with Crippen LogP contribution < -0.4 is 0 Å². The maximum atomic E-state index is 10.3. The van der Waals surface area contributed by atoms with Crippen LogP contribution in [0.5, 0.6) is 0 Å². The zero-order valence-electron chi connectivity index (χ0n) is 7.47. The first-order chi connectivity index (χ1) is 5.83. The predicted molar refractivity (Wildman–Crippen MR) is 54.6 cm³/mol. The van der Waals surface area contributed by atoms with E-state index in [0.717, 1.165) is 18.6 Å². The van der Waals surface area contributed by atoms with Crippen molar-refractivity contribution in [3.8, 4) is 0 Å². The van der Waals surface area contributed by atoms with Crippen LogP contribution in [0.2, 0.25) is 0 Å². The quantitative estimate of drug-likeness (QED) is 0.537. The summed E-state index contributed by atoms with van der Waals surface area (Å²) in [5, 5.41) is 0. The number of halogens is 1. The van der Waals surface area contributed by atoms with Gasteiger partial charge in [0.05, 0.1) is 4.83 Å². The maximum absolute atomic E-state index is 10.3. The molecule has 1 unspecified atom stereocenters. The summed E-state index contributed by atoms with van der Waals surface area (Å²) in [6, 6.07) is 0. The van der Waals surface area contributed by atoms with Gasteiger partial charge >= 0.3 is 0 Å². The second kappa shape index (κ2) is 5.74. The zero-order chi connectivity index (χ0) is 8.81. The molecule has 1 aliphatic carbocycles. The highest BCUT2D eigenvalue weighted by molar-refractivity contribution is 9.09. The molecule has 1 fully saturated rings. The van der Waals surface area contributed by atoms with Gasteiger partial charge in [-0.25, -0.2) is 0 Å². The van der Waals surface area contributed by atoms with Crippen LogP contribution >= 0.6 is 15.9 Å². The zero-order valence-corrected chi connectivity index (χ0v) is 9.05. The monoisotopic (exact) mass is 232 g/mol. The molecule has 2 heteroatoms. The Labute approximate surface area is 83.0 Å². The Morgan fingerprint density at radius 2 is 2.00 bits per heavy atom. The van der Waals surface area contributed by atoms with Gasteiger partial charge in [0, 0.05) is 0 Å². The highest BCUT2D eigenvalue weighted by Gasteiger charge is 2.14. The molecule has 0 aliphatic heterocycles. The molecule has 0 bridgehead atoms.